The number of amides is 1. The highest BCUT2D eigenvalue weighted by atomic mass is 32.2. The number of furan rings is 1. The Hall–Kier alpha value is -3.11. The number of carbonyl (C=O) groups is 1. The number of rotatable bonds is 8. The summed E-state index contributed by atoms with van der Waals surface area (Å²) in [5, 5.41) is 2.61. The number of nitrogens with one attached hydrogen (secondary N) is 1. The van der Waals surface area contributed by atoms with Crippen LogP contribution in [0, 0.1) is 0 Å². The molecule has 1 atom stereocenters. The predicted molar refractivity (Wildman–Crippen MR) is 111 cm³/mol. The lowest BCUT2D eigenvalue weighted by atomic mass is 10.2. The van der Waals surface area contributed by atoms with Gasteiger partial charge in [-0.3, -0.25) is 4.79 Å². The molecule has 0 radical (unpaired) electrons. The van der Waals surface area contributed by atoms with Gasteiger partial charge < -0.3 is 9.73 Å². The summed E-state index contributed by atoms with van der Waals surface area (Å²) in [7, 11) is -4.67. The van der Waals surface area contributed by atoms with E-state index in [4.69, 9.17) is 4.42 Å². The molecular weight excluding hydrogens is 445 g/mol. The number of nitrogens with zero attached hydrogens (tertiary/aromatic N) is 1. The van der Waals surface area contributed by atoms with Crippen LogP contribution in [-0.2, 0) is 27.5 Å². The zero-order valence-corrected chi connectivity index (χ0v) is 17.9. The van der Waals surface area contributed by atoms with Gasteiger partial charge in [-0.1, -0.05) is 42.5 Å². The fraction of sp³-hybridized carbons (Fsp3) is 0.227. The minimum atomic E-state index is -4.88. The van der Waals surface area contributed by atoms with E-state index in [0.29, 0.717) is 17.4 Å². The molecule has 1 N–H and O–H groups in total. The van der Waals surface area contributed by atoms with E-state index in [1.54, 1.807) is 49.4 Å². The van der Waals surface area contributed by atoms with Crippen LogP contribution in [0.4, 0.5) is 13.2 Å². The second-order valence-corrected chi connectivity index (χ2v) is 8.96. The summed E-state index contributed by atoms with van der Waals surface area (Å²) >= 11 is 0. The first-order valence-electron chi connectivity index (χ1n) is 9.62. The molecule has 32 heavy (non-hydrogen) atoms. The van der Waals surface area contributed by atoms with E-state index in [9.17, 15) is 26.4 Å². The van der Waals surface area contributed by atoms with Crippen molar-refractivity contribution < 1.29 is 30.8 Å². The van der Waals surface area contributed by atoms with Crippen LogP contribution in [0.1, 0.15) is 29.9 Å². The molecule has 0 saturated heterocycles. The van der Waals surface area contributed by atoms with Crippen LogP contribution in [-0.4, -0.2) is 25.2 Å². The quantitative estimate of drug-likeness (QED) is 0.535. The van der Waals surface area contributed by atoms with Gasteiger partial charge >= 0.3 is 6.18 Å². The van der Waals surface area contributed by atoms with Crippen LogP contribution in [0.3, 0.4) is 0 Å². The molecule has 6 nitrogen and oxygen atoms in total. The summed E-state index contributed by atoms with van der Waals surface area (Å²) in [6.07, 6.45) is -3.45. The Kier molecular flexibility index (Phi) is 7.05. The lowest BCUT2D eigenvalue weighted by molar-refractivity contribution is -0.139. The van der Waals surface area contributed by atoms with Crippen molar-refractivity contribution in [1.29, 1.82) is 0 Å². The predicted octanol–water partition coefficient (Wildman–Crippen LogP) is 4.37. The first-order valence-corrected chi connectivity index (χ1v) is 11.1. The number of benzene rings is 2. The van der Waals surface area contributed by atoms with Gasteiger partial charge in [0.2, 0.25) is 15.9 Å². The monoisotopic (exact) mass is 466 g/mol. The molecule has 0 bridgehead atoms. The van der Waals surface area contributed by atoms with E-state index < -0.39 is 45.2 Å². The highest BCUT2D eigenvalue weighted by Gasteiger charge is 2.39. The zero-order chi connectivity index (χ0) is 23.4. The minimum absolute atomic E-state index is 0.280. The third-order valence-corrected chi connectivity index (χ3v) is 6.53. The van der Waals surface area contributed by atoms with Crippen molar-refractivity contribution >= 4 is 15.9 Å². The van der Waals surface area contributed by atoms with Gasteiger partial charge in [-0.15, -0.1) is 0 Å². The summed E-state index contributed by atoms with van der Waals surface area (Å²) in [6, 6.07) is 14.9. The van der Waals surface area contributed by atoms with Gasteiger partial charge in [-0.25, -0.2) is 8.42 Å². The maximum absolute atomic E-state index is 13.5. The highest BCUT2D eigenvalue weighted by Crippen LogP contribution is 2.35. The van der Waals surface area contributed by atoms with Crippen molar-refractivity contribution in [3.63, 3.8) is 0 Å². The molecule has 3 rings (SSSR count). The average Bonchev–Trinajstić information content (AvgIpc) is 3.28. The lowest BCUT2D eigenvalue weighted by Gasteiger charge is -2.24. The molecule has 3 aromatic rings. The van der Waals surface area contributed by atoms with E-state index in [0.717, 1.165) is 16.4 Å². The van der Waals surface area contributed by atoms with Crippen LogP contribution in [0.25, 0.3) is 0 Å². The Balaban J connectivity index is 1.93. The Bertz CT molecular complexity index is 1150. The number of hydrogen-bond acceptors (Lipinski definition) is 4. The zero-order valence-electron chi connectivity index (χ0n) is 17.0. The molecule has 1 aromatic heterocycles. The molecule has 0 aliphatic rings. The first-order chi connectivity index (χ1) is 15.1. The van der Waals surface area contributed by atoms with Crippen LogP contribution in [0.2, 0.25) is 0 Å². The van der Waals surface area contributed by atoms with E-state index in [1.165, 1.54) is 12.3 Å². The van der Waals surface area contributed by atoms with Gasteiger partial charge in [-0.2, -0.15) is 17.5 Å². The Labute approximate surface area is 183 Å². The number of alkyl halides is 3. The summed E-state index contributed by atoms with van der Waals surface area (Å²) in [6.45, 7) is 0.693. The number of carbonyl (C=O) groups excluding carboxylic acids is 1. The largest absolute Gasteiger partial charge is 0.467 e. The Morgan fingerprint density at radius 3 is 2.31 bits per heavy atom. The SMILES string of the molecule is CC(NC(=O)CN(Cc1ccccc1)S(=O)(=O)c1ccccc1C(F)(F)F)c1ccco1. The molecule has 2 aromatic carbocycles. The number of halogens is 3. The Morgan fingerprint density at radius 1 is 1.03 bits per heavy atom. The molecule has 1 amide bonds. The minimum Gasteiger partial charge on any atom is -0.467 e. The molecule has 10 heteroatoms. The normalized spacial score (nSPS) is 13.2. The smallest absolute Gasteiger partial charge is 0.417 e. The highest BCUT2D eigenvalue weighted by molar-refractivity contribution is 7.89. The third kappa shape index (κ3) is 5.57. The second-order valence-electron chi connectivity index (χ2n) is 7.06. The summed E-state index contributed by atoms with van der Waals surface area (Å²) in [4.78, 5) is 11.7. The maximum atomic E-state index is 13.5. The average molecular weight is 466 g/mol. The molecular formula is C22H21F3N2O4S. The summed E-state index contributed by atoms with van der Waals surface area (Å²) < 4.78 is 73.0. The third-order valence-electron chi connectivity index (χ3n) is 4.68. The number of sulfonamides is 1. The van der Waals surface area contributed by atoms with Crippen molar-refractivity contribution in [2.75, 3.05) is 6.54 Å². The van der Waals surface area contributed by atoms with Crippen LogP contribution >= 0.6 is 0 Å². The van der Waals surface area contributed by atoms with Crippen molar-refractivity contribution in [2.24, 2.45) is 0 Å². The topological polar surface area (TPSA) is 79.6 Å². The van der Waals surface area contributed by atoms with E-state index in [-0.39, 0.29) is 6.54 Å². The second kappa shape index (κ2) is 9.58. The van der Waals surface area contributed by atoms with Gasteiger partial charge in [-0.05, 0) is 36.8 Å². The molecule has 0 aliphatic carbocycles. The fourth-order valence-corrected chi connectivity index (χ4v) is 4.73. The van der Waals surface area contributed by atoms with Crippen molar-refractivity contribution in [2.45, 2.75) is 30.6 Å². The van der Waals surface area contributed by atoms with Crippen molar-refractivity contribution in [1.82, 2.24) is 9.62 Å². The molecule has 0 saturated carbocycles. The van der Waals surface area contributed by atoms with Gasteiger partial charge in [0.1, 0.15) is 5.76 Å². The maximum Gasteiger partial charge on any atom is 0.417 e. The van der Waals surface area contributed by atoms with Crippen LogP contribution < -0.4 is 5.32 Å². The molecule has 0 spiro atoms. The first kappa shape index (κ1) is 23.6. The van der Waals surface area contributed by atoms with E-state index in [1.807, 2.05) is 0 Å². The van der Waals surface area contributed by atoms with Crippen molar-refractivity contribution in [3.05, 3.63) is 89.9 Å². The van der Waals surface area contributed by atoms with Crippen molar-refractivity contribution in [3.8, 4) is 0 Å². The van der Waals surface area contributed by atoms with Gasteiger partial charge in [0.25, 0.3) is 0 Å². The van der Waals surface area contributed by atoms with E-state index in [2.05, 4.69) is 5.32 Å². The van der Waals surface area contributed by atoms with Gasteiger partial charge in [0.05, 0.1) is 29.3 Å². The summed E-state index contributed by atoms with van der Waals surface area (Å²) in [5.41, 5.74) is -0.769. The standard InChI is InChI=1S/C22H21F3N2O4S/c1-16(19-11-7-13-31-19)26-21(28)15-27(14-17-8-3-2-4-9-17)32(29,30)20-12-6-5-10-18(20)22(23,24)25/h2-13,16H,14-15H2,1H3,(H,26,28). The molecule has 0 aliphatic heterocycles. The molecule has 0 fully saturated rings. The van der Waals surface area contributed by atoms with E-state index >= 15 is 0 Å². The van der Waals surface area contributed by atoms with Gasteiger partial charge in [0.15, 0.2) is 0 Å². The van der Waals surface area contributed by atoms with Gasteiger partial charge in [0, 0.05) is 6.54 Å². The molecule has 1 unspecified atom stereocenters. The van der Waals surface area contributed by atoms with Crippen LogP contribution in [0.5, 0.6) is 0 Å². The molecule has 170 valence electrons. The fourth-order valence-electron chi connectivity index (χ4n) is 3.13. The summed E-state index contributed by atoms with van der Waals surface area (Å²) in [5.74, 6) is -0.226. The lowest BCUT2D eigenvalue weighted by Crippen LogP contribution is -2.41. The molecule has 1 heterocycles. The van der Waals surface area contributed by atoms with Crippen LogP contribution in [0.15, 0.2) is 82.3 Å². The number of hydrogen-bond donors (Lipinski definition) is 1. The Morgan fingerprint density at radius 2 is 1.69 bits per heavy atom.